The summed E-state index contributed by atoms with van der Waals surface area (Å²) in [5, 5.41) is 0. The van der Waals surface area contributed by atoms with Gasteiger partial charge in [0.05, 0.1) is 0 Å². The highest BCUT2D eigenvalue weighted by molar-refractivity contribution is 5.61. The maximum absolute atomic E-state index is 4.26. The number of rotatable bonds is 2. The van der Waals surface area contributed by atoms with Crippen molar-refractivity contribution in [1.29, 1.82) is 0 Å². The zero-order chi connectivity index (χ0) is 14.1. The molecule has 0 amide bonds. The molecule has 20 heavy (non-hydrogen) atoms. The van der Waals surface area contributed by atoms with Crippen LogP contribution in [0.1, 0.15) is 23.0 Å². The summed E-state index contributed by atoms with van der Waals surface area (Å²) in [5.41, 5.74) is 5.76. The maximum atomic E-state index is 4.26. The third-order valence-corrected chi connectivity index (χ3v) is 4.18. The van der Waals surface area contributed by atoms with Gasteiger partial charge in [0, 0.05) is 11.8 Å². The number of allylic oxidation sites excluding steroid dienone is 3. The van der Waals surface area contributed by atoms with Crippen molar-refractivity contribution in [2.75, 3.05) is 0 Å². The predicted octanol–water partition coefficient (Wildman–Crippen LogP) is 5.24. The van der Waals surface area contributed by atoms with Crippen LogP contribution in [0.25, 0.3) is 0 Å². The van der Waals surface area contributed by atoms with E-state index in [1.807, 2.05) is 12.1 Å². The number of hydrogen-bond donors (Lipinski definition) is 0. The Bertz CT molecular complexity index is 602. The van der Waals surface area contributed by atoms with Gasteiger partial charge in [-0.1, -0.05) is 80.4 Å². The molecule has 0 radical (unpaired) electrons. The molecule has 0 heteroatoms. The molecule has 0 saturated heterocycles. The average molecular weight is 258 g/mol. The molecule has 0 bridgehead atoms. The molecule has 0 heterocycles. The normalized spacial score (nSPS) is 22.3. The molecule has 98 valence electrons. The number of benzene rings is 2. The highest BCUT2D eigenvalue weighted by atomic mass is 14.4. The van der Waals surface area contributed by atoms with Crippen LogP contribution in [0.15, 0.2) is 97.1 Å². The van der Waals surface area contributed by atoms with E-state index in [0.29, 0.717) is 0 Å². The Kier molecular flexibility index (Phi) is 3.15. The first kappa shape index (κ1) is 12.7. The van der Waals surface area contributed by atoms with E-state index in [1.54, 1.807) is 0 Å². The molecule has 0 nitrogen and oxygen atoms in total. The lowest BCUT2D eigenvalue weighted by molar-refractivity contribution is 0.741. The van der Waals surface area contributed by atoms with Crippen molar-refractivity contribution < 1.29 is 0 Å². The maximum Gasteiger partial charge on any atom is 0.0199 e. The van der Waals surface area contributed by atoms with Crippen molar-refractivity contribution in [3.63, 3.8) is 0 Å². The molecule has 0 aliphatic heterocycles. The van der Waals surface area contributed by atoms with Gasteiger partial charge in [-0.05, 0) is 27.8 Å². The smallest absolute Gasteiger partial charge is 0.0199 e. The third-order valence-electron chi connectivity index (χ3n) is 4.18. The molecule has 1 fully saturated rings. The van der Waals surface area contributed by atoms with E-state index < -0.39 is 0 Å². The van der Waals surface area contributed by atoms with E-state index in [-0.39, 0.29) is 11.8 Å². The topological polar surface area (TPSA) is 0 Å². The zero-order valence-corrected chi connectivity index (χ0v) is 11.5. The van der Waals surface area contributed by atoms with E-state index in [2.05, 4.69) is 68.3 Å². The molecule has 1 aliphatic carbocycles. The van der Waals surface area contributed by atoms with Crippen molar-refractivity contribution in [3.8, 4) is 0 Å². The van der Waals surface area contributed by atoms with Crippen LogP contribution < -0.4 is 0 Å². The molecule has 2 aromatic rings. The van der Waals surface area contributed by atoms with Gasteiger partial charge in [-0.2, -0.15) is 0 Å². The van der Waals surface area contributed by atoms with E-state index >= 15 is 0 Å². The summed E-state index contributed by atoms with van der Waals surface area (Å²) < 4.78 is 0. The fourth-order valence-electron chi connectivity index (χ4n) is 3.09. The van der Waals surface area contributed by atoms with Crippen LogP contribution in [0.2, 0.25) is 0 Å². The summed E-state index contributed by atoms with van der Waals surface area (Å²) in [6.07, 6.45) is 0. The SMILES string of the molecule is C=C1C(=C)C(c2ccccc2)C(c2ccccc2)C1=C. The third kappa shape index (κ3) is 1.94. The molecule has 2 atom stereocenters. The molecule has 3 rings (SSSR count). The van der Waals surface area contributed by atoms with Crippen LogP contribution in [0.4, 0.5) is 0 Å². The first-order chi connectivity index (χ1) is 9.70. The lowest BCUT2D eigenvalue weighted by atomic mass is 9.81. The van der Waals surface area contributed by atoms with Crippen LogP contribution in [0, 0.1) is 0 Å². The van der Waals surface area contributed by atoms with Gasteiger partial charge in [-0.15, -0.1) is 0 Å². The summed E-state index contributed by atoms with van der Waals surface area (Å²) >= 11 is 0. The minimum Gasteiger partial charge on any atom is -0.0946 e. The molecule has 2 unspecified atom stereocenters. The van der Waals surface area contributed by atoms with E-state index in [4.69, 9.17) is 0 Å². The summed E-state index contributed by atoms with van der Waals surface area (Å²) in [7, 11) is 0. The molecule has 2 aromatic carbocycles. The fraction of sp³-hybridized carbons (Fsp3) is 0.100. The van der Waals surface area contributed by atoms with Gasteiger partial charge in [0.2, 0.25) is 0 Å². The Morgan fingerprint density at radius 3 is 1.25 bits per heavy atom. The minimum absolute atomic E-state index is 0.249. The second-order valence-electron chi connectivity index (χ2n) is 5.31. The Morgan fingerprint density at radius 2 is 0.900 bits per heavy atom. The van der Waals surface area contributed by atoms with Crippen molar-refractivity contribution in [1.82, 2.24) is 0 Å². The fourth-order valence-corrected chi connectivity index (χ4v) is 3.09. The molecule has 0 spiro atoms. The minimum atomic E-state index is 0.249. The van der Waals surface area contributed by atoms with Crippen LogP contribution in [-0.2, 0) is 0 Å². The van der Waals surface area contributed by atoms with Crippen molar-refractivity contribution >= 4 is 0 Å². The van der Waals surface area contributed by atoms with Gasteiger partial charge < -0.3 is 0 Å². The van der Waals surface area contributed by atoms with E-state index in [9.17, 15) is 0 Å². The first-order valence-corrected chi connectivity index (χ1v) is 6.87. The second kappa shape index (κ2) is 4.97. The van der Waals surface area contributed by atoms with Gasteiger partial charge in [-0.3, -0.25) is 0 Å². The van der Waals surface area contributed by atoms with Gasteiger partial charge in [0.25, 0.3) is 0 Å². The van der Waals surface area contributed by atoms with Crippen molar-refractivity contribution in [2.45, 2.75) is 11.8 Å². The van der Waals surface area contributed by atoms with Crippen LogP contribution in [0.3, 0.4) is 0 Å². The highest BCUT2D eigenvalue weighted by Crippen LogP contribution is 2.53. The monoisotopic (exact) mass is 258 g/mol. The van der Waals surface area contributed by atoms with Crippen LogP contribution in [-0.4, -0.2) is 0 Å². The van der Waals surface area contributed by atoms with Gasteiger partial charge in [0.15, 0.2) is 0 Å². The van der Waals surface area contributed by atoms with Crippen molar-refractivity contribution in [2.24, 2.45) is 0 Å². The summed E-state index contributed by atoms with van der Waals surface area (Å²) in [6, 6.07) is 21.1. The lowest BCUT2D eigenvalue weighted by Crippen LogP contribution is -2.06. The summed E-state index contributed by atoms with van der Waals surface area (Å²) in [6.45, 7) is 12.7. The van der Waals surface area contributed by atoms with Gasteiger partial charge in [-0.25, -0.2) is 0 Å². The van der Waals surface area contributed by atoms with Gasteiger partial charge >= 0.3 is 0 Å². The van der Waals surface area contributed by atoms with Crippen LogP contribution in [0.5, 0.6) is 0 Å². The zero-order valence-electron chi connectivity index (χ0n) is 11.5. The lowest BCUT2D eigenvalue weighted by Gasteiger charge is -2.21. The molecule has 1 saturated carbocycles. The highest BCUT2D eigenvalue weighted by Gasteiger charge is 2.37. The molecular formula is C20H18. The molecular weight excluding hydrogens is 240 g/mol. The number of hydrogen-bond acceptors (Lipinski definition) is 0. The van der Waals surface area contributed by atoms with E-state index in [0.717, 1.165) is 16.7 Å². The average Bonchev–Trinajstić information content (AvgIpc) is 2.73. The molecule has 1 aliphatic rings. The van der Waals surface area contributed by atoms with Gasteiger partial charge in [0.1, 0.15) is 0 Å². The second-order valence-corrected chi connectivity index (χ2v) is 5.31. The Morgan fingerprint density at radius 1 is 0.550 bits per heavy atom. The Labute approximate surface area is 120 Å². The summed E-state index contributed by atoms with van der Waals surface area (Å²) in [4.78, 5) is 0. The van der Waals surface area contributed by atoms with Crippen LogP contribution >= 0.6 is 0 Å². The first-order valence-electron chi connectivity index (χ1n) is 6.87. The molecule has 0 aromatic heterocycles. The van der Waals surface area contributed by atoms with E-state index in [1.165, 1.54) is 11.1 Å². The Hall–Kier alpha value is -2.34. The standard InChI is InChI=1S/C20H18/c1-14-15(2)19(17-10-6-4-7-11-17)20(16(14)3)18-12-8-5-9-13-18/h4-13,19-20H,1-3H2. The Balaban J connectivity index is 2.12. The predicted molar refractivity (Wildman–Crippen MR) is 85.8 cm³/mol. The van der Waals surface area contributed by atoms with Crippen molar-refractivity contribution in [3.05, 3.63) is 108 Å². The quantitative estimate of drug-likeness (QED) is 0.691. The largest absolute Gasteiger partial charge is 0.0946 e. The summed E-state index contributed by atoms with van der Waals surface area (Å²) in [5.74, 6) is 0.497. The molecule has 0 N–H and O–H groups in total.